The first-order valence-corrected chi connectivity index (χ1v) is 12.5. The number of ether oxygens (including phenoxy) is 1. The van der Waals surface area contributed by atoms with E-state index >= 15 is 0 Å². The van der Waals surface area contributed by atoms with Gasteiger partial charge in [-0.25, -0.2) is 0 Å². The van der Waals surface area contributed by atoms with Gasteiger partial charge in [-0.1, -0.05) is 49.4 Å². The first-order chi connectivity index (χ1) is 15.0. The van der Waals surface area contributed by atoms with E-state index in [0.717, 1.165) is 43.6 Å². The monoisotopic (exact) mass is 447 g/mol. The van der Waals surface area contributed by atoms with Gasteiger partial charge < -0.3 is 14.7 Å². The van der Waals surface area contributed by atoms with E-state index < -0.39 is 6.10 Å². The third-order valence-electron chi connectivity index (χ3n) is 5.83. The minimum atomic E-state index is -0.485. The van der Waals surface area contributed by atoms with Crippen LogP contribution in [0.1, 0.15) is 51.0 Å². The van der Waals surface area contributed by atoms with Crippen LogP contribution in [0.15, 0.2) is 42.5 Å². The van der Waals surface area contributed by atoms with Crippen LogP contribution < -0.4 is 0 Å². The summed E-state index contributed by atoms with van der Waals surface area (Å²) in [6.45, 7) is 2.79. The number of likely N-dealkylation sites (tertiary alicyclic amines) is 1. The molecule has 1 aliphatic heterocycles. The van der Waals surface area contributed by atoms with Crippen molar-refractivity contribution in [2.24, 2.45) is 5.92 Å². The quantitative estimate of drug-likeness (QED) is 0.262. The van der Waals surface area contributed by atoms with Gasteiger partial charge >= 0.3 is 5.97 Å². The highest BCUT2D eigenvalue weighted by atomic mass is 32.2. The molecule has 6 heteroatoms. The molecule has 31 heavy (non-hydrogen) atoms. The standard InChI is InChI=1S/C25H37NO4S/c1-20(8-6-11-21-9-4-3-5-10-21)23(27)15-13-22-14-16-24(28)26(22)17-19-31-18-7-12-25(29)30-2/h3-5,9-10,13,15,20,22-23,27H,6-8,11-12,14,16-19H2,1-2H3/b15-13+/t20-,22-,23+/m0/s1. The summed E-state index contributed by atoms with van der Waals surface area (Å²) < 4.78 is 4.64. The van der Waals surface area contributed by atoms with E-state index in [4.69, 9.17) is 0 Å². The van der Waals surface area contributed by atoms with E-state index in [1.165, 1.54) is 12.7 Å². The number of hydrogen-bond acceptors (Lipinski definition) is 5. The normalized spacial score (nSPS) is 18.5. The van der Waals surface area contributed by atoms with Gasteiger partial charge in [-0.3, -0.25) is 9.59 Å². The number of methoxy groups -OCH3 is 1. The van der Waals surface area contributed by atoms with Crippen LogP contribution in [0.25, 0.3) is 0 Å². The number of amides is 1. The van der Waals surface area contributed by atoms with Crippen molar-refractivity contribution in [3.05, 3.63) is 48.0 Å². The molecule has 0 unspecified atom stereocenters. The number of carbonyl (C=O) groups is 2. The zero-order valence-electron chi connectivity index (χ0n) is 18.9. The molecule has 0 bridgehead atoms. The summed E-state index contributed by atoms with van der Waals surface area (Å²) in [7, 11) is 1.41. The number of esters is 1. The Kier molecular flexibility index (Phi) is 11.8. The van der Waals surface area contributed by atoms with Crippen molar-refractivity contribution in [1.29, 1.82) is 0 Å². The van der Waals surface area contributed by atoms with Crippen molar-refractivity contribution in [2.75, 3.05) is 25.2 Å². The van der Waals surface area contributed by atoms with Crippen molar-refractivity contribution in [3.63, 3.8) is 0 Å². The fourth-order valence-corrected chi connectivity index (χ4v) is 4.69. The van der Waals surface area contributed by atoms with Gasteiger partial charge in [-0.2, -0.15) is 11.8 Å². The summed E-state index contributed by atoms with van der Waals surface area (Å²) >= 11 is 1.76. The van der Waals surface area contributed by atoms with Gasteiger partial charge in [0.05, 0.1) is 19.3 Å². The molecule has 1 N–H and O–H groups in total. The summed E-state index contributed by atoms with van der Waals surface area (Å²) in [6, 6.07) is 10.5. The largest absolute Gasteiger partial charge is 0.469 e. The fourth-order valence-electron chi connectivity index (χ4n) is 3.81. The molecule has 1 heterocycles. The highest BCUT2D eigenvalue weighted by Gasteiger charge is 2.28. The third-order valence-corrected chi connectivity index (χ3v) is 6.88. The minimum absolute atomic E-state index is 0.0781. The van der Waals surface area contributed by atoms with Gasteiger partial charge in [0, 0.05) is 25.1 Å². The van der Waals surface area contributed by atoms with Crippen LogP contribution in [0.3, 0.4) is 0 Å². The lowest BCUT2D eigenvalue weighted by Gasteiger charge is -2.23. The summed E-state index contributed by atoms with van der Waals surface area (Å²) in [5, 5.41) is 10.5. The Labute approximate surface area is 191 Å². The number of nitrogens with zero attached hydrogens (tertiary/aromatic N) is 1. The van der Waals surface area contributed by atoms with E-state index in [0.29, 0.717) is 19.4 Å². The average Bonchev–Trinajstić information content (AvgIpc) is 3.14. The molecule has 1 aromatic carbocycles. The van der Waals surface area contributed by atoms with E-state index in [2.05, 4.69) is 35.9 Å². The van der Waals surface area contributed by atoms with E-state index in [-0.39, 0.29) is 23.8 Å². The lowest BCUT2D eigenvalue weighted by molar-refractivity contribution is -0.140. The van der Waals surface area contributed by atoms with Crippen LogP contribution >= 0.6 is 11.8 Å². The fraction of sp³-hybridized carbons (Fsp3) is 0.600. The van der Waals surface area contributed by atoms with Gasteiger partial charge in [0.15, 0.2) is 0 Å². The number of benzene rings is 1. The number of hydrogen-bond donors (Lipinski definition) is 1. The summed E-state index contributed by atoms with van der Waals surface area (Å²) in [6.07, 6.45) is 9.10. The minimum Gasteiger partial charge on any atom is -0.469 e. The number of aryl methyl sites for hydroxylation is 1. The molecule has 172 valence electrons. The molecule has 1 saturated heterocycles. The van der Waals surface area contributed by atoms with E-state index in [1.54, 1.807) is 11.8 Å². The van der Waals surface area contributed by atoms with Gasteiger partial charge in [0.25, 0.3) is 0 Å². The van der Waals surface area contributed by atoms with Crippen LogP contribution in [0.5, 0.6) is 0 Å². The Bertz CT molecular complexity index is 694. The predicted molar refractivity (Wildman–Crippen MR) is 127 cm³/mol. The van der Waals surface area contributed by atoms with Crippen molar-refractivity contribution in [3.8, 4) is 0 Å². The second kappa shape index (κ2) is 14.3. The maximum atomic E-state index is 12.2. The van der Waals surface area contributed by atoms with Crippen LogP contribution in [-0.4, -0.2) is 59.2 Å². The summed E-state index contributed by atoms with van der Waals surface area (Å²) in [5.41, 5.74) is 1.34. The first kappa shape index (κ1) is 25.5. The van der Waals surface area contributed by atoms with Crippen LogP contribution in [0, 0.1) is 5.92 Å². The molecule has 3 atom stereocenters. The molecule has 5 nitrogen and oxygen atoms in total. The lowest BCUT2D eigenvalue weighted by Crippen LogP contribution is -2.34. The van der Waals surface area contributed by atoms with E-state index in [1.807, 2.05) is 23.1 Å². The Morgan fingerprint density at radius 1 is 1.29 bits per heavy atom. The average molecular weight is 448 g/mol. The molecule has 0 radical (unpaired) electrons. The number of aliphatic hydroxyl groups excluding tert-OH is 1. The maximum Gasteiger partial charge on any atom is 0.305 e. The molecule has 2 rings (SSSR count). The molecular weight excluding hydrogens is 410 g/mol. The second-order valence-electron chi connectivity index (χ2n) is 8.22. The molecule has 0 saturated carbocycles. The molecule has 0 spiro atoms. The second-order valence-corrected chi connectivity index (χ2v) is 9.44. The Hall–Kier alpha value is -1.79. The molecular formula is C25H37NO4S. The zero-order chi connectivity index (χ0) is 22.5. The Balaban J connectivity index is 1.68. The summed E-state index contributed by atoms with van der Waals surface area (Å²) in [5.74, 6) is 1.95. The predicted octanol–water partition coefficient (Wildman–Crippen LogP) is 4.24. The zero-order valence-corrected chi connectivity index (χ0v) is 19.7. The molecule has 0 aromatic heterocycles. The first-order valence-electron chi connectivity index (χ1n) is 11.4. The summed E-state index contributed by atoms with van der Waals surface area (Å²) in [4.78, 5) is 25.3. The highest BCUT2D eigenvalue weighted by molar-refractivity contribution is 7.99. The number of carbonyl (C=O) groups excluding carboxylic acids is 2. The highest BCUT2D eigenvalue weighted by Crippen LogP contribution is 2.22. The topological polar surface area (TPSA) is 66.8 Å². The van der Waals surface area contributed by atoms with Crippen LogP contribution in [-0.2, 0) is 20.7 Å². The molecule has 1 aliphatic rings. The third kappa shape index (κ3) is 9.48. The molecule has 0 aliphatic carbocycles. The number of thioether (sulfide) groups is 1. The lowest BCUT2D eigenvalue weighted by atomic mass is 9.95. The maximum absolute atomic E-state index is 12.2. The SMILES string of the molecule is COC(=O)CCCSCCN1C(=O)CC[C@@H]1/C=C/[C@@H](O)[C@@H](C)CCCc1ccccc1. The van der Waals surface area contributed by atoms with Crippen LogP contribution in [0.2, 0.25) is 0 Å². The van der Waals surface area contributed by atoms with Gasteiger partial charge in [0.1, 0.15) is 0 Å². The smallest absolute Gasteiger partial charge is 0.305 e. The Morgan fingerprint density at radius 2 is 2.06 bits per heavy atom. The molecule has 1 amide bonds. The van der Waals surface area contributed by atoms with Gasteiger partial charge in [0.2, 0.25) is 5.91 Å². The van der Waals surface area contributed by atoms with Crippen molar-refractivity contribution in [2.45, 2.75) is 64.0 Å². The Morgan fingerprint density at radius 3 is 2.81 bits per heavy atom. The van der Waals surface area contributed by atoms with Crippen molar-refractivity contribution >= 4 is 23.6 Å². The molecule has 1 fully saturated rings. The van der Waals surface area contributed by atoms with Crippen molar-refractivity contribution in [1.82, 2.24) is 4.90 Å². The van der Waals surface area contributed by atoms with E-state index in [9.17, 15) is 14.7 Å². The molecule has 1 aromatic rings. The number of rotatable bonds is 14. The van der Waals surface area contributed by atoms with Gasteiger partial charge in [-0.15, -0.1) is 0 Å². The van der Waals surface area contributed by atoms with Gasteiger partial charge in [-0.05, 0) is 49.3 Å². The van der Waals surface area contributed by atoms with Crippen molar-refractivity contribution < 1.29 is 19.4 Å². The number of aliphatic hydroxyl groups is 1. The van der Waals surface area contributed by atoms with Crippen LogP contribution in [0.4, 0.5) is 0 Å².